The maximum atomic E-state index is 13.5. The minimum Gasteiger partial charge on any atom is -0.484 e. The van der Waals surface area contributed by atoms with Crippen LogP contribution in [0.15, 0.2) is 18.2 Å². The number of halogens is 12. The number of carbonyl (C=O) groups is 2. The van der Waals surface area contributed by atoms with Crippen LogP contribution in [0.4, 0.5) is 57.5 Å². The smallest absolute Gasteiger partial charge is 0.422 e. The van der Waals surface area contributed by atoms with E-state index >= 15 is 0 Å². The van der Waals surface area contributed by atoms with Crippen LogP contribution in [0.5, 0.6) is 11.5 Å². The number of carbonyl (C=O) groups excluding carboxylic acids is 2. The van der Waals surface area contributed by atoms with Crippen molar-refractivity contribution in [3.63, 3.8) is 0 Å². The molecule has 7 nitrogen and oxygen atoms in total. The summed E-state index contributed by atoms with van der Waals surface area (Å²) in [5.74, 6) is -4.17. The number of nitrogens with zero attached hydrogens (tertiary/aromatic N) is 1. The number of alkyl halides is 12. The topological polar surface area (TPSA) is 93.9 Å². The number of hydrogen-bond donors (Lipinski definition) is 2. The van der Waals surface area contributed by atoms with Crippen LogP contribution in [-0.2, 0) is 0 Å². The van der Waals surface area contributed by atoms with E-state index in [2.05, 4.69) is 15.2 Å². The van der Waals surface area contributed by atoms with Gasteiger partial charge in [-0.15, -0.1) is 0 Å². The number of ether oxygens (including phenoxy) is 2. The minimum absolute atomic E-state index is 0.237. The first-order chi connectivity index (χ1) is 16.1. The first kappa shape index (κ1) is 30.8. The lowest BCUT2D eigenvalue weighted by Gasteiger charge is -2.43. The van der Waals surface area contributed by atoms with Gasteiger partial charge in [0.25, 0.3) is 11.4 Å². The van der Waals surface area contributed by atoms with Gasteiger partial charge in [-0.3, -0.25) is 10.2 Å². The van der Waals surface area contributed by atoms with Crippen molar-refractivity contribution in [2.75, 3.05) is 13.2 Å². The van der Waals surface area contributed by atoms with Crippen LogP contribution in [-0.4, -0.2) is 60.4 Å². The van der Waals surface area contributed by atoms with Crippen LogP contribution in [0.1, 0.15) is 23.7 Å². The van der Waals surface area contributed by atoms with Gasteiger partial charge >= 0.3 is 30.7 Å². The molecule has 0 aliphatic rings. The van der Waals surface area contributed by atoms with Crippen molar-refractivity contribution < 1.29 is 71.7 Å². The SMILES string of the molecule is CCC(N(NC(=O)c1cc(OCC(F)(F)F)ccc1OCC(F)(F)F)C(N)=O)(C(F)(F)F)C(F)(F)F. The second-order valence-corrected chi connectivity index (χ2v) is 6.79. The van der Waals surface area contributed by atoms with E-state index in [0.717, 1.165) is 5.43 Å². The Morgan fingerprint density at radius 1 is 0.861 bits per heavy atom. The molecule has 3 N–H and O–H groups in total. The Kier molecular flexibility index (Phi) is 8.86. The van der Waals surface area contributed by atoms with Gasteiger partial charge < -0.3 is 15.2 Å². The zero-order valence-electron chi connectivity index (χ0n) is 17.5. The molecule has 3 amide bonds. The predicted molar refractivity (Wildman–Crippen MR) is 93.6 cm³/mol. The zero-order valence-corrected chi connectivity index (χ0v) is 17.5. The molecule has 0 aromatic heterocycles. The minimum atomic E-state index is -6.30. The summed E-state index contributed by atoms with van der Waals surface area (Å²) in [6.07, 6.45) is -24.5. The van der Waals surface area contributed by atoms with Crippen molar-refractivity contribution in [1.82, 2.24) is 10.4 Å². The molecule has 0 radical (unpaired) electrons. The number of hydrazine groups is 1. The molecular weight excluding hydrogens is 538 g/mol. The molecule has 0 heterocycles. The Balaban J connectivity index is 3.57. The standard InChI is InChI=1S/C17H15F12N3O4/c1-2-13(16(24,25)26,17(27,28)29)32(12(30)34)31-11(33)9-5-8(35-6-14(18,19)20)3-4-10(9)36-7-15(21,22)23/h3-5H,2,6-7H2,1H3,(H2,30,34)(H,31,33). The van der Waals surface area contributed by atoms with E-state index in [1.807, 2.05) is 0 Å². The summed E-state index contributed by atoms with van der Waals surface area (Å²) in [4.78, 5) is 24.1. The van der Waals surface area contributed by atoms with Crippen LogP contribution in [0.25, 0.3) is 0 Å². The van der Waals surface area contributed by atoms with Crippen LogP contribution >= 0.6 is 0 Å². The van der Waals surface area contributed by atoms with E-state index < -0.39 is 83.9 Å². The number of benzene rings is 1. The van der Waals surface area contributed by atoms with Crippen molar-refractivity contribution in [2.24, 2.45) is 5.73 Å². The second kappa shape index (κ2) is 10.4. The average Bonchev–Trinajstić information content (AvgIpc) is 2.67. The normalized spacial score (nSPS) is 13.2. The fourth-order valence-electron chi connectivity index (χ4n) is 2.70. The highest BCUT2D eigenvalue weighted by molar-refractivity contribution is 5.98. The molecule has 19 heteroatoms. The summed E-state index contributed by atoms with van der Waals surface area (Å²) in [5, 5.41) is -1.33. The second-order valence-electron chi connectivity index (χ2n) is 6.79. The number of primary amides is 1. The first-order valence-corrected chi connectivity index (χ1v) is 9.13. The molecule has 1 aromatic carbocycles. The van der Waals surface area contributed by atoms with Gasteiger partial charge in [0.05, 0.1) is 5.56 Å². The molecular formula is C17H15F12N3O4. The summed E-state index contributed by atoms with van der Waals surface area (Å²) in [6, 6.07) is -1.24. The van der Waals surface area contributed by atoms with E-state index in [9.17, 15) is 62.3 Å². The lowest BCUT2D eigenvalue weighted by molar-refractivity contribution is -0.337. The summed E-state index contributed by atoms with van der Waals surface area (Å²) in [5.41, 5.74) is -0.863. The number of urea groups is 1. The summed E-state index contributed by atoms with van der Waals surface area (Å²) < 4.78 is 164. The van der Waals surface area contributed by atoms with Crippen molar-refractivity contribution in [1.29, 1.82) is 0 Å². The van der Waals surface area contributed by atoms with Crippen molar-refractivity contribution in [3.05, 3.63) is 23.8 Å². The molecule has 0 fully saturated rings. The molecule has 1 aromatic rings. The van der Waals surface area contributed by atoms with Gasteiger partial charge in [-0.1, -0.05) is 6.92 Å². The molecule has 0 saturated carbocycles. The number of nitrogens with two attached hydrogens (primary N) is 1. The van der Waals surface area contributed by atoms with Crippen LogP contribution in [0, 0.1) is 0 Å². The molecule has 0 unspecified atom stereocenters. The highest BCUT2D eigenvalue weighted by atomic mass is 19.4. The van der Waals surface area contributed by atoms with Gasteiger partial charge in [0.15, 0.2) is 13.2 Å². The number of amides is 3. The molecule has 0 bridgehead atoms. The van der Waals surface area contributed by atoms with Gasteiger partial charge in [0.1, 0.15) is 11.5 Å². The third-order valence-corrected chi connectivity index (χ3v) is 4.25. The third-order valence-electron chi connectivity index (χ3n) is 4.25. The van der Waals surface area contributed by atoms with Crippen molar-refractivity contribution >= 4 is 11.9 Å². The maximum absolute atomic E-state index is 13.5. The number of rotatable bonds is 7. The molecule has 0 saturated heterocycles. The van der Waals surface area contributed by atoms with Crippen molar-refractivity contribution in [3.8, 4) is 11.5 Å². The quantitative estimate of drug-likeness (QED) is 0.373. The fraction of sp³-hybridized carbons (Fsp3) is 0.529. The van der Waals surface area contributed by atoms with E-state index in [0.29, 0.717) is 19.1 Å². The van der Waals surface area contributed by atoms with E-state index in [1.54, 1.807) is 0 Å². The lowest BCUT2D eigenvalue weighted by Crippen LogP contribution is -2.73. The molecule has 0 aliphatic heterocycles. The van der Waals surface area contributed by atoms with Gasteiger partial charge in [-0.25, -0.2) is 9.80 Å². The Morgan fingerprint density at radius 3 is 1.72 bits per heavy atom. The number of nitrogens with one attached hydrogen (secondary N) is 1. The monoisotopic (exact) mass is 553 g/mol. The Hall–Kier alpha value is -3.28. The third kappa shape index (κ3) is 7.36. The van der Waals surface area contributed by atoms with Gasteiger partial charge in [0, 0.05) is 0 Å². The molecule has 1 rings (SSSR count). The number of hydrogen-bond acceptors (Lipinski definition) is 4. The van der Waals surface area contributed by atoms with E-state index in [-0.39, 0.29) is 6.07 Å². The average molecular weight is 553 g/mol. The molecule has 0 spiro atoms. The summed E-state index contributed by atoms with van der Waals surface area (Å²) >= 11 is 0. The molecule has 0 aliphatic carbocycles. The van der Waals surface area contributed by atoms with Crippen molar-refractivity contribution in [2.45, 2.75) is 43.6 Å². The van der Waals surface area contributed by atoms with E-state index in [4.69, 9.17) is 0 Å². The van der Waals surface area contributed by atoms with Crippen LogP contribution in [0.2, 0.25) is 0 Å². The lowest BCUT2D eigenvalue weighted by atomic mass is 9.93. The highest BCUT2D eigenvalue weighted by Gasteiger charge is 2.74. The Labute approximate surface area is 193 Å². The first-order valence-electron chi connectivity index (χ1n) is 9.13. The highest BCUT2D eigenvalue weighted by Crippen LogP contribution is 2.48. The Morgan fingerprint density at radius 2 is 1.33 bits per heavy atom. The fourth-order valence-corrected chi connectivity index (χ4v) is 2.70. The largest absolute Gasteiger partial charge is 0.484 e. The molecule has 36 heavy (non-hydrogen) atoms. The summed E-state index contributed by atoms with van der Waals surface area (Å²) in [7, 11) is 0. The molecule has 206 valence electrons. The zero-order chi connectivity index (χ0) is 28.3. The summed E-state index contributed by atoms with van der Waals surface area (Å²) in [6.45, 7) is -3.78. The van der Waals surface area contributed by atoms with Crippen LogP contribution < -0.4 is 20.6 Å². The van der Waals surface area contributed by atoms with E-state index in [1.165, 1.54) is 0 Å². The van der Waals surface area contributed by atoms with Crippen LogP contribution in [0.3, 0.4) is 0 Å². The van der Waals surface area contributed by atoms with Gasteiger partial charge in [-0.2, -0.15) is 52.7 Å². The maximum Gasteiger partial charge on any atom is 0.422 e. The molecule has 0 atom stereocenters. The predicted octanol–water partition coefficient (Wildman–Crippen LogP) is 4.87. The van der Waals surface area contributed by atoms with Gasteiger partial charge in [0.2, 0.25) is 0 Å². The van der Waals surface area contributed by atoms with Gasteiger partial charge in [-0.05, 0) is 24.6 Å². The Bertz CT molecular complexity index is 927.